The summed E-state index contributed by atoms with van der Waals surface area (Å²) in [5, 5.41) is 3.23. The number of carbonyl (C=O) groups is 1. The highest BCUT2D eigenvalue weighted by molar-refractivity contribution is 5.74. The van der Waals surface area contributed by atoms with Gasteiger partial charge in [-0.1, -0.05) is 12.1 Å². The molecule has 0 aliphatic carbocycles. The van der Waals surface area contributed by atoms with E-state index in [2.05, 4.69) is 5.32 Å². The zero-order valence-corrected chi connectivity index (χ0v) is 9.69. The van der Waals surface area contributed by atoms with Crippen LogP contribution in [0.1, 0.15) is 18.9 Å². The first kappa shape index (κ1) is 12.5. The Bertz CT molecular complexity index is 353. The molecule has 1 amide bonds. The predicted molar refractivity (Wildman–Crippen MR) is 63.1 cm³/mol. The van der Waals surface area contributed by atoms with Gasteiger partial charge < -0.3 is 15.8 Å². The van der Waals surface area contributed by atoms with Crippen molar-refractivity contribution in [2.24, 2.45) is 5.73 Å². The minimum absolute atomic E-state index is 0.0868. The summed E-state index contributed by atoms with van der Waals surface area (Å²) in [5.41, 5.74) is 6.23. The molecule has 0 saturated carbocycles. The van der Waals surface area contributed by atoms with Gasteiger partial charge in [0.15, 0.2) is 0 Å². The molecular formula is C12H18N2O2. The quantitative estimate of drug-likeness (QED) is 0.756. The monoisotopic (exact) mass is 222 g/mol. The first-order valence-corrected chi connectivity index (χ1v) is 5.26. The Morgan fingerprint density at radius 3 is 2.94 bits per heavy atom. The maximum Gasteiger partial charge on any atom is 0.218 e. The van der Waals surface area contributed by atoms with Gasteiger partial charge in [0.1, 0.15) is 5.75 Å². The second-order valence-corrected chi connectivity index (χ2v) is 3.80. The van der Waals surface area contributed by atoms with Gasteiger partial charge in [-0.05, 0) is 24.6 Å². The Balaban J connectivity index is 2.44. The molecule has 0 saturated heterocycles. The van der Waals surface area contributed by atoms with Crippen LogP contribution in [0.25, 0.3) is 0 Å². The highest BCUT2D eigenvalue weighted by Crippen LogP contribution is 2.12. The molecule has 4 heteroatoms. The number of hydrogen-bond donors (Lipinski definition) is 2. The standard InChI is InChI=1S/C12H18N2O2/c1-9(6-12(13)15)14-8-10-4-3-5-11(7-10)16-2/h3-5,7,9,14H,6,8H2,1-2H3,(H2,13,15). The zero-order chi connectivity index (χ0) is 12.0. The molecule has 0 fully saturated rings. The smallest absolute Gasteiger partial charge is 0.218 e. The summed E-state index contributed by atoms with van der Waals surface area (Å²) in [6.07, 6.45) is 0.351. The fourth-order valence-electron chi connectivity index (χ4n) is 1.45. The number of ether oxygens (including phenoxy) is 1. The van der Waals surface area contributed by atoms with E-state index in [1.807, 2.05) is 31.2 Å². The van der Waals surface area contributed by atoms with Crippen molar-refractivity contribution in [1.29, 1.82) is 0 Å². The van der Waals surface area contributed by atoms with E-state index < -0.39 is 0 Å². The van der Waals surface area contributed by atoms with Crippen LogP contribution in [-0.2, 0) is 11.3 Å². The molecule has 4 nitrogen and oxygen atoms in total. The summed E-state index contributed by atoms with van der Waals surface area (Å²) in [4.78, 5) is 10.7. The maximum absolute atomic E-state index is 10.7. The van der Waals surface area contributed by atoms with Crippen molar-refractivity contribution in [3.63, 3.8) is 0 Å². The zero-order valence-electron chi connectivity index (χ0n) is 9.69. The number of rotatable bonds is 6. The Labute approximate surface area is 95.8 Å². The van der Waals surface area contributed by atoms with Gasteiger partial charge in [-0.3, -0.25) is 4.79 Å². The molecule has 16 heavy (non-hydrogen) atoms. The predicted octanol–water partition coefficient (Wildman–Crippen LogP) is 1.05. The number of nitrogens with one attached hydrogen (secondary N) is 1. The van der Waals surface area contributed by atoms with Crippen LogP contribution < -0.4 is 15.8 Å². The van der Waals surface area contributed by atoms with E-state index in [9.17, 15) is 4.79 Å². The number of carbonyl (C=O) groups excluding carboxylic acids is 1. The van der Waals surface area contributed by atoms with Gasteiger partial charge in [0.05, 0.1) is 7.11 Å². The molecule has 0 aromatic heterocycles. The maximum atomic E-state index is 10.7. The summed E-state index contributed by atoms with van der Waals surface area (Å²) in [7, 11) is 1.64. The van der Waals surface area contributed by atoms with E-state index in [1.165, 1.54) is 0 Å². The van der Waals surface area contributed by atoms with Gasteiger partial charge in [0, 0.05) is 19.0 Å². The number of primary amides is 1. The SMILES string of the molecule is COc1cccc(CNC(C)CC(N)=O)c1. The summed E-state index contributed by atoms with van der Waals surface area (Å²) in [5.74, 6) is 0.549. The van der Waals surface area contributed by atoms with Crippen molar-refractivity contribution in [3.05, 3.63) is 29.8 Å². The van der Waals surface area contributed by atoms with Crippen LogP contribution in [0, 0.1) is 0 Å². The summed E-state index contributed by atoms with van der Waals surface area (Å²) in [6, 6.07) is 7.89. The number of methoxy groups -OCH3 is 1. The van der Waals surface area contributed by atoms with Gasteiger partial charge in [0.2, 0.25) is 5.91 Å². The van der Waals surface area contributed by atoms with Crippen LogP contribution >= 0.6 is 0 Å². The van der Waals surface area contributed by atoms with Gasteiger partial charge >= 0.3 is 0 Å². The van der Waals surface area contributed by atoms with E-state index in [-0.39, 0.29) is 11.9 Å². The molecule has 0 bridgehead atoms. The van der Waals surface area contributed by atoms with Crippen molar-refractivity contribution in [1.82, 2.24) is 5.32 Å². The Hall–Kier alpha value is -1.55. The van der Waals surface area contributed by atoms with Gasteiger partial charge in [-0.2, -0.15) is 0 Å². The van der Waals surface area contributed by atoms with Crippen molar-refractivity contribution in [3.8, 4) is 5.75 Å². The molecule has 1 rings (SSSR count). The van der Waals surface area contributed by atoms with Crippen LogP contribution in [0.5, 0.6) is 5.75 Å². The molecule has 0 radical (unpaired) electrons. The molecule has 1 aromatic rings. The molecule has 0 heterocycles. The van der Waals surface area contributed by atoms with Gasteiger partial charge in [0.25, 0.3) is 0 Å². The Morgan fingerprint density at radius 1 is 1.56 bits per heavy atom. The normalized spacial score (nSPS) is 12.1. The third kappa shape index (κ3) is 4.31. The average molecular weight is 222 g/mol. The average Bonchev–Trinajstić information content (AvgIpc) is 2.26. The largest absolute Gasteiger partial charge is 0.497 e. The Kier molecular flexibility index (Phi) is 4.79. The highest BCUT2D eigenvalue weighted by Gasteiger charge is 2.05. The number of nitrogens with two attached hydrogens (primary N) is 1. The molecule has 0 aliphatic heterocycles. The number of benzene rings is 1. The minimum atomic E-state index is -0.286. The molecule has 3 N–H and O–H groups in total. The summed E-state index contributed by atoms with van der Waals surface area (Å²) >= 11 is 0. The number of amides is 1. The lowest BCUT2D eigenvalue weighted by Crippen LogP contribution is -2.30. The van der Waals surface area contributed by atoms with Crippen LogP contribution in [0.3, 0.4) is 0 Å². The first-order valence-electron chi connectivity index (χ1n) is 5.26. The van der Waals surface area contributed by atoms with E-state index >= 15 is 0 Å². The summed E-state index contributed by atoms with van der Waals surface area (Å²) in [6.45, 7) is 2.64. The molecule has 1 unspecified atom stereocenters. The fraction of sp³-hybridized carbons (Fsp3) is 0.417. The molecule has 1 atom stereocenters. The van der Waals surface area contributed by atoms with Gasteiger partial charge in [-0.15, -0.1) is 0 Å². The van der Waals surface area contributed by atoms with Crippen LogP contribution in [-0.4, -0.2) is 19.1 Å². The fourth-order valence-corrected chi connectivity index (χ4v) is 1.45. The second kappa shape index (κ2) is 6.12. The topological polar surface area (TPSA) is 64.3 Å². The molecular weight excluding hydrogens is 204 g/mol. The molecule has 0 aliphatic rings. The lowest BCUT2D eigenvalue weighted by molar-refractivity contribution is -0.118. The highest BCUT2D eigenvalue weighted by atomic mass is 16.5. The van der Waals surface area contributed by atoms with E-state index in [4.69, 9.17) is 10.5 Å². The molecule has 0 spiro atoms. The number of hydrogen-bond acceptors (Lipinski definition) is 3. The van der Waals surface area contributed by atoms with Crippen molar-refractivity contribution in [2.75, 3.05) is 7.11 Å². The van der Waals surface area contributed by atoms with Crippen molar-refractivity contribution >= 4 is 5.91 Å². The van der Waals surface area contributed by atoms with Crippen molar-refractivity contribution in [2.45, 2.75) is 25.9 Å². The third-order valence-electron chi connectivity index (χ3n) is 2.30. The van der Waals surface area contributed by atoms with Gasteiger partial charge in [-0.25, -0.2) is 0 Å². The lowest BCUT2D eigenvalue weighted by atomic mass is 10.2. The molecule has 1 aromatic carbocycles. The van der Waals surface area contributed by atoms with E-state index in [0.29, 0.717) is 13.0 Å². The third-order valence-corrected chi connectivity index (χ3v) is 2.30. The minimum Gasteiger partial charge on any atom is -0.497 e. The second-order valence-electron chi connectivity index (χ2n) is 3.80. The van der Waals surface area contributed by atoms with Crippen LogP contribution in [0.2, 0.25) is 0 Å². The lowest BCUT2D eigenvalue weighted by Gasteiger charge is -2.12. The molecule has 88 valence electrons. The van der Waals surface area contributed by atoms with E-state index in [1.54, 1.807) is 7.11 Å². The van der Waals surface area contributed by atoms with Crippen LogP contribution in [0.15, 0.2) is 24.3 Å². The Morgan fingerprint density at radius 2 is 2.31 bits per heavy atom. The van der Waals surface area contributed by atoms with E-state index in [0.717, 1.165) is 11.3 Å². The summed E-state index contributed by atoms with van der Waals surface area (Å²) < 4.78 is 5.12. The van der Waals surface area contributed by atoms with Crippen molar-refractivity contribution < 1.29 is 9.53 Å². The first-order chi connectivity index (χ1) is 7.61. The van der Waals surface area contributed by atoms with Crippen LogP contribution in [0.4, 0.5) is 0 Å².